The number of benzene rings is 2. The Balaban J connectivity index is 1.86. The van der Waals surface area contributed by atoms with Gasteiger partial charge in [-0.3, -0.25) is 25.2 Å². The van der Waals surface area contributed by atoms with Crippen LogP contribution in [-0.2, 0) is 7.05 Å². The molecule has 2 amide bonds. The van der Waals surface area contributed by atoms with Crippen LogP contribution in [0.3, 0.4) is 0 Å². The number of rotatable bonds is 2. The summed E-state index contributed by atoms with van der Waals surface area (Å²) in [4.78, 5) is 36.7. The van der Waals surface area contributed by atoms with Gasteiger partial charge in [-0.15, -0.1) is 0 Å². The Morgan fingerprint density at radius 2 is 1.65 bits per heavy atom. The van der Waals surface area contributed by atoms with E-state index in [2.05, 4.69) is 16.0 Å². The molecule has 2 aromatic carbocycles. The van der Waals surface area contributed by atoms with Gasteiger partial charge in [-0.25, -0.2) is 4.68 Å². The summed E-state index contributed by atoms with van der Waals surface area (Å²) >= 11 is 11.8. The summed E-state index contributed by atoms with van der Waals surface area (Å²) in [5, 5.41) is 5.22. The van der Waals surface area contributed by atoms with E-state index in [0.29, 0.717) is 15.8 Å². The first kappa shape index (κ1) is 17.9. The summed E-state index contributed by atoms with van der Waals surface area (Å²) in [6, 6.07) is 11.0. The van der Waals surface area contributed by atoms with Crippen molar-refractivity contribution in [3.63, 3.8) is 0 Å². The molecular weight excluding hydrogens is 379 g/mol. The van der Waals surface area contributed by atoms with Gasteiger partial charge in [0, 0.05) is 17.5 Å². The van der Waals surface area contributed by atoms with Gasteiger partial charge in [0.2, 0.25) is 0 Å². The average Bonchev–Trinajstić information content (AvgIpc) is 2.64. The molecule has 0 saturated heterocycles. The number of hydrogen-bond acceptors (Lipinski definition) is 4. The van der Waals surface area contributed by atoms with Crippen molar-refractivity contribution in [3.8, 4) is 0 Å². The standard InChI is InChI=1S/C17H12Cl2N4O3/c1-23-17(26)11-5-3-2-4-10(11)14(22-23)16(25)21-20-15(24)12-8-9(18)6-7-13(12)19/h2-8H,1H3,(H,20,24)(H,21,25). The van der Waals surface area contributed by atoms with E-state index in [1.54, 1.807) is 30.3 Å². The summed E-state index contributed by atoms with van der Waals surface area (Å²) in [7, 11) is 1.44. The minimum Gasteiger partial charge on any atom is -0.267 e. The molecule has 0 unspecified atom stereocenters. The molecule has 1 aromatic heterocycles. The maximum absolute atomic E-state index is 12.4. The lowest BCUT2D eigenvalue weighted by atomic mass is 10.1. The Bertz CT molecular complexity index is 1100. The van der Waals surface area contributed by atoms with Crippen molar-refractivity contribution in [2.24, 2.45) is 7.05 Å². The van der Waals surface area contributed by atoms with Gasteiger partial charge in [-0.1, -0.05) is 41.4 Å². The first-order valence-electron chi connectivity index (χ1n) is 7.40. The Kier molecular flexibility index (Phi) is 4.92. The lowest BCUT2D eigenvalue weighted by molar-refractivity contribution is 0.0844. The fourth-order valence-corrected chi connectivity index (χ4v) is 2.75. The number of hydrazine groups is 1. The van der Waals surface area contributed by atoms with Gasteiger partial charge in [0.05, 0.1) is 16.0 Å². The SMILES string of the molecule is Cn1nc(C(=O)NNC(=O)c2cc(Cl)ccc2Cl)c2ccccc2c1=O. The van der Waals surface area contributed by atoms with Crippen molar-refractivity contribution < 1.29 is 9.59 Å². The van der Waals surface area contributed by atoms with E-state index in [1.165, 1.54) is 19.2 Å². The Morgan fingerprint density at radius 3 is 2.38 bits per heavy atom. The lowest BCUT2D eigenvalue weighted by Gasteiger charge is -2.10. The molecule has 0 bridgehead atoms. The van der Waals surface area contributed by atoms with E-state index < -0.39 is 11.8 Å². The third kappa shape index (κ3) is 3.40. The first-order valence-corrected chi connectivity index (χ1v) is 8.16. The molecule has 0 radical (unpaired) electrons. The van der Waals surface area contributed by atoms with Crippen molar-refractivity contribution >= 4 is 45.8 Å². The maximum atomic E-state index is 12.4. The van der Waals surface area contributed by atoms with Crippen LogP contribution in [0.4, 0.5) is 0 Å². The number of hydrogen-bond donors (Lipinski definition) is 2. The number of aromatic nitrogens is 2. The number of fused-ring (bicyclic) bond motifs is 1. The van der Waals surface area contributed by atoms with E-state index in [9.17, 15) is 14.4 Å². The third-order valence-electron chi connectivity index (χ3n) is 3.63. The van der Waals surface area contributed by atoms with Crippen molar-refractivity contribution in [1.82, 2.24) is 20.6 Å². The molecule has 0 spiro atoms. The van der Waals surface area contributed by atoms with Crippen LogP contribution in [0, 0.1) is 0 Å². The Labute approximate surface area is 157 Å². The number of halogens is 2. The number of carbonyl (C=O) groups is 2. The number of aryl methyl sites for hydroxylation is 1. The minimum absolute atomic E-state index is 0.000177. The molecule has 0 aliphatic carbocycles. The normalized spacial score (nSPS) is 10.6. The highest BCUT2D eigenvalue weighted by atomic mass is 35.5. The van der Waals surface area contributed by atoms with E-state index >= 15 is 0 Å². The van der Waals surface area contributed by atoms with Crippen molar-refractivity contribution in [2.45, 2.75) is 0 Å². The molecule has 0 aliphatic rings. The molecule has 1 heterocycles. The molecule has 9 heteroatoms. The molecule has 0 atom stereocenters. The molecule has 2 N–H and O–H groups in total. The van der Waals surface area contributed by atoms with E-state index in [4.69, 9.17) is 23.2 Å². The van der Waals surface area contributed by atoms with Gasteiger partial charge in [-0.05, 0) is 24.3 Å². The maximum Gasteiger partial charge on any atom is 0.290 e. The molecule has 3 rings (SSSR count). The number of amides is 2. The van der Waals surface area contributed by atoms with Crippen molar-refractivity contribution in [1.29, 1.82) is 0 Å². The van der Waals surface area contributed by atoms with Gasteiger partial charge in [0.1, 0.15) is 0 Å². The summed E-state index contributed by atoms with van der Waals surface area (Å²) in [6.45, 7) is 0. The van der Waals surface area contributed by atoms with Crippen LogP contribution in [0.15, 0.2) is 47.3 Å². The minimum atomic E-state index is -0.677. The molecule has 7 nitrogen and oxygen atoms in total. The second-order valence-electron chi connectivity index (χ2n) is 5.36. The molecule has 0 saturated carbocycles. The second-order valence-corrected chi connectivity index (χ2v) is 6.20. The predicted octanol–water partition coefficient (Wildman–Crippen LogP) is 2.32. The zero-order valence-electron chi connectivity index (χ0n) is 13.4. The summed E-state index contributed by atoms with van der Waals surface area (Å²) in [5.41, 5.74) is 4.30. The topological polar surface area (TPSA) is 93.1 Å². The molecule has 132 valence electrons. The zero-order valence-corrected chi connectivity index (χ0v) is 14.9. The van der Waals surface area contributed by atoms with Crippen LogP contribution in [0.25, 0.3) is 10.8 Å². The average molecular weight is 391 g/mol. The number of nitrogens with one attached hydrogen (secondary N) is 2. The smallest absolute Gasteiger partial charge is 0.267 e. The highest BCUT2D eigenvalue weighted by Crippen LogP contribution is 2.20. The van der Waals surface area contributed by atoms with Gasteiger partial charge in [0.25, 0.3) is 17.4 Å². The van der Waals surface area contributed by atoms with Crippen LogP contribution < -0.4 is 16.4 Å². The third-order valence-corrected chi connectivity index (χ3v) is 4.20. The first-order chi connectivity index (χ1) is 12.4. The van der Waals surface area contributed by atoms with Crippen molar-refractivity contribution in [3.05, 3.63) is 74.1 Å². The molecule has 0 aliphatic heterocycles. The highest BCUT2D eigenvalue weighted by molar-refractivity contribution is 6.35. The lowest BCUT2D eigenvalue weighted by Crippen LogP contribution is -2.42. The highest BCUT2D eigenvalue weighted by Gasteiger charge is 2.17. The quantitative estimate of drug-likeness (QED) is 0.656. The van der Waals surface area contributed by atoms with Gasteiger partial charge in [-0.2, -0.15) is 5.10 Å². The monoisotopic (exact) mass is 390 g/mol. The van der Waals surface area contributed by atoms with Gasteiger partial charge < -0.3 is 0 Å². The Hall–Kier alpha value is -2.90. The number of carbonyl (C=O) groups excluding carboxylic acids is 2. The van der Waals surface area contributed by atoms with Crippen LogP contribution in [0.2, 0.25) is 10.0 Å². The van der Waals surface area contributed by atoms with Crippen LogP contribution in [0.5, 0.6) is 0 Å². The molecule has 0 fully saturated rings. The summed E-state index contributed by atoms with van der Waals surface area (Å²) in [5.74, 6) is -1.32. The predicted molar refractivity (Wildman–Crippen MR) is 98.4 cm³/mol. The van der Waals surface area contributed by atoms with E-state index in [1.807, 2.05) is 0 Å². The largest absolute Gasteiger partial charge is 0.290 e. The van der Waals surface area contributed by atoms with Crippen LogP contribution >= 0.6 is 23.2 Å². The zero-order chi connectivity index (χ0) is 18.8. The van der Waals surface area contributed by atoms with Gasteiger partial charge >= 0.3 is 0 Å². The summed E-state index contributed by atoms with van der Waals surface area (Å²) in [6.07, 6.45) is 0. The van der Waals surface area contributed by atoms with E-state index in [-0.39, 0.29) is 21.8 Å². The molecular formula is C17H12Cl2N4O3. The number of nitrogens with zero attached hydrogens (tertiary/aromatic N) is 2. The fraction of sp³-hybridized carbons (Fsp3) is 0.0588. The second kappa shape index (κ2) is 7.15. The fourth-order valence-electron chi connectivity index (χ4n) is 2.38. The summed E-state index contributed by atoms with van der Waals surface area (Å²) < 4.78 is 1.06. The van der Waals surface area contributed by atoms with Crippen LogP contribution in [-0.4, -0.2) is 21.6 Å². The van der Waals surface area contributed by atoms with Crippen molar-refractivity contribution in [2.75, 3.05) is 0 Å². The molecule has 3 aromatic rings. The van der Waals surface area contributed by atoms with Gasteiger partial charge in [0.15, 0.2) is 5.69 Å². The van der Waals surface area contributed by atoms with E-state index in [0.717, 1.165) is 4.68 Å². The Morgan fingerprint density at radius 1 is 1.00 bits per heavy atom. The van der Waals surface area contributed by atoms with Crippen LogP contribution in [0.1, 0.15) is 20.8 Å². The molecule has 26 heavy (non-hydrogen) atoms.